The maximum absolute atomic E-state index is 11.8. The minimum atomic E-state index is -0.197. The summed E-state index contributed by atoms with van der Waals surface area (Å²) >= 11 is 0. The van der Waals surface area contributed by atoms with Gasteiger partial charge in [-0.2, -0.15) is 0 Å². The molecule has 2 saturated carbocycles. The Labute approximate surface area is 113 Å². The first-order valence-electron chi connectivity index (χ1n) is 7.11. The summed E-state index contributed by atoms with van der Waals surface area (Å²) in [5, 5.41) is 0. The first kappa shape index (κ1) is 12.6. The number of nitrogens with two attached hydrogens (primary N) is 1. The maximum atomic E-state index is 11.8. The Bertz CT molecular complexity index is 466. The van der Waals surface area contributed by atoms with Crippen LogP contribution < -0.4 is 11.3 Å². The molecule has 19 heavy (non-hydrogen) atoms. The molecule has 4 heteroatoms. The van der Waals surface area contributed by atoms with Crippen LogP contribution in [-0.4, -0.2) is 23.4 Å². The Morgan fingerprint density at radius 2 is 2.00 bits per heavy atom. The van der Waals surface area contributed by atoms with Crippen LogP contribution in [0.15, 0.2) is 24.3 Å². The number of nitrogens with zero attached hydrogens (tertiary/aromatic N) is 1. The van der Waals surface area contributed by atoms with E-state index >= 15 is 0 Å². The number of amides is 1. The van der Waals surface area contributed by atoms with Gasteiger partial charge in [-0.25, -0.2) is 5.84 Å². The SMILES string of the molecule is NNC(=O)c1ccccc1CN(CC1CC1)C1CC1. The topological polar surface area (TPSA) is 58.4 Å². The highest BCUT2D eigenvalue weighted by atomic mass is 16.2. The largest absolute Gasteiger partial charge is 0.296 e. The number of carbonyl (C=O) groups is 1. The van der Waals surface area contributed by atoms with Crippen LogP contribution in [0.4, 0.5) is 0 Å². The third-order valence-electron chi connectivity index (χ3n) is 4.02. The summed E-state index contributed by atoms with van der Waals surface area (Å²) in [4.78, 5) is 14.3. The molecule has 0 heterocycles. The molecule has 2 aliphatic carbocycles. The lowest BCUT2D eigenvalue weighted by atomic mass is 10.1. The molecule has 0 bridgehead atoms. The maximum Gasteiger partial charge on any atom is 0.265 e. The number of carbonyl (C=O) groups excluding carboxylic acids is 1. The van der Waals surface area contributed by atoms with E-state index in [0.717, 1.165) is 24.1 Å². The number of benzene rings is 1. The Kier molecular flexibility index (Phi) is 3.53. The Morgan fingerprint density at radius 1 is 1.26 bits per heavy atom. The van der Waals surface area contributed by atoms with Crippen molar-refractivity contribution in [3.8, 4) is 0 Å². The lowest BCUT2D eigenvalue weighted by molar-refractivity contribution is 0.0951. The van der Waals surface area contributed by atoms with Crippen LogP contribution in [0.2, 0.25) is 0 Å². The summed E-state index contributed by atoms with van der Waals surface area (Å²) in [6, 6.07) is 8.49. The van der Waals surface area contributed by atoms with Crippen LogP contribution in [0.5, 0.6) is 0 Å². The van der Waals surface area contributed by atoms with E-state index in [1.54, 1.807) is 0 Å². The average molecular weight is 259 g/mol. The van der Waals surface area contributed by atoms with Crippen molar-refractivity contribution < 1.29 is 4.79 Å². The van der Waals surface area contributed by atoms with Gasteiger partial charge in [0.25, 0.3) is 5.91 Å². The first-order chi connectivity index (χ1) is 9.28. The molecule has 0 saturated heterocycles. The average Bonchev–Trinajstić information content (AvgIpc) is 3.29. The molecule has 0 atom stereocenters. The molecule has 1 aromatic rings. The fourth-order valence-electron chi connectivity index (χ4n) is 2.59. The van der Waals surface area contributed by atoms with Gasteiger partial charge in [-0.3, -0.25) is 15.1 Å². The van der Waals surface area contributed by atoms with Gasteiger partial charge in [0.05, 0.1) is 0 Å². The lowest BCUT2D eigenvalue weighted by Crippen LogP contribution is -2.33. The number of rotatable bonds is 6. The van der Waals surface area contributed by atoms with E-state index in [1.807, 2.05) is 24.3 Å². The van der Waals surface area contributed by atoms with Crippen molar-refractivity contribution >= 4 is 5.91 Å². The number of hydrazine groups is 1. The second-order valence-corrected chi connectivity index (χ2v) is 5.73. The van der Waals surface area contributed by atoms with Crippen molar-refractivity contribution in [2.75, 3.05) is 6.54 Å². The van der Waals surface area contributed by atoms with E-state index in [1.165, 1.54) is 32.2 Å². The normalized spacial score (nSPS) is 18.6. The van der Waals surface area contributed by atoms with Crippen LogP contribution in [0.1, 0.15) is 41.6 Å². The fraction of sp³-hybridized carbons (Fsp3) is 0.533. The van der Waals surface area contributed by atoms with Crippen molar-refractivity contribution in [3.05, 3.63) is 35.4 Å². The lowest BCUT2D eigenvalue weighted by Gasteiger charge is -2.23. The van der Waals surface area contributed by atoms with Gasteiger partial charge in [0.15, 0.2) is 0 Å². The molecule has 0 unspecified atom stereocenters. The van der Waals surface area contributed by atoms with E-state index in [0.29, 0.717) is 5.56 Å². The molecule has 0 aliphatic heterocycles. The Hall–Kier alpha value is -1.39. The van der Waals surface area contributed by atoms with Crippen LogP contribution >= 0.6 is 0 Å². The molecular weight excluding hydrogens is 238 g/mol. The van der Waals surface area contributed by atoms with Crippen molar-refractivity contribution in [2.45, 2.75) is 38.3 Å². The molecular formula is C15H21N3O. The molecule has 1 amide bonds. The molecule has 0 aromatic heterocycles. The van der Waals surface area contributed by atoms with E-state index in [-0.39, 0.29) is 5.91 Å². The van der Waals surface area contributed by atoms with Crippen molar-refractivity contribution in [1.29, 1.82) is 0 Å². The number of hydrogen-bond acceptors (Lipinski definition) is 3. The zero-order valence-electron chi connectivity index (χ0n) is 11.1. The van der Waals surface area contributed by atoms with Gasteiger partial charge in [0.2, 0.25) is 0 Å². The molecule has 0 spiro atoms. The standard InChI is InChI=1S/C15H21N3O/c16-17-15(19)14-4-2-1-3-12(14)10-18(13-7-8-13)9-11-5-6-11/h1-4,11,13H,5-10,16H2,(H,17,19). The summed E-state index contributed by atoms with van der Waals surface area (Å²) in [5.74, 6) is 5.94. The fourth-order valence-corrected chi connectivity index (χ4v) is 2.59. The van der Waals surface area contributed by atoms with Gasteiger partial charge < -0.3 is 0 Å². The highest BCUT2D eigenvalue weighted by Crippen LogP contribution is 2.35. The summed E-state index contributed by atoms with van der Waals surface area (Å²) in [7, 11) is 0. The number of nitrogen functional groups attached to an aromatic ring is 1. The van der Waals surface area contributed by atoms with Gasteiger partial charge in [-0.15, -0.1) is 0 Å². The van der Waals surface area contributed by atoms with Crippen molar-refractivity contribution in [1.82, 2.24) is 10.3 Å². The van der Waals surface area contributed by atoms with Gasteiger partial charge in [-0.05, 0) is 43.2 Å². The molecule has 102 valence electrons. The van der Waals surface area contributed by atoms with E-state index in [4.69, 9.17) is 5.84 Å². The molecule has 0 radical (unpaired) electrons. The summed E-state index contributed by atoms with van der Waals surface area (Å²) < 4.78 is 0. The van der Waals surface area contributed by atoms with E-state index in [9.17, 15) is 4.79 Å². The van der Waals surface area contributed by atoms with Crippen LogP contribution in [0, 0.1) is 5.92 Å². The van der Waals surface area contributed by atoms with Crippen LogP contribution in [0.25, 0.3) is 0 Å². The van der Waals surface area contributed by atoms with Gasteiger partial charge in [0.1, 0.15) is 0 Å². The Morgan fingerprint density at radius 3 is 2.63 bits per heavy atom. The molecule has 4 nitrogen and oxygen atoms in total. The second-order valence-electron chi connectivity index (χ2n) is 5.73. The molecule has 3 rings (SSSR count). The summed E-state index contributed by atoms with van der Waals surface area (Å²) in [5.41, 5.74) is 4.02. The van der Waals surface area contributed by atoms with Crippen molar-refractivity contribution in [3.63, 3.8) is 0 Å². The zero-order chi connectivity index (χ0) is 13.2. The highest BCUT2D eigenvalue weighted by molar-refractivity contribution is 5.95. The zero-order valence-corrected chi connectivity index (χ0v) is 11.1. The predicted octanol–water partition coefficient (Wildman–Crippen LogP) is 1.66. The minimum absolute atomic E-state index is 0.197. The summed E-state index contributed by atoms with van der Waals surface area (Å²) in [6.45, 7) is 2.05. The van der Waals surface area contributed by atoms with Gasteiger partial charge in [-0.1, -0.05) is 18.2 Å². The predicted molar refractivity (Wildman–Crippen MR) is 74.3 cm³/mol. The van der Waals surface area contributed by atoms with Crippen molar-refractivity contribution in [2.24, 2.45) is 11.8 Å². The highest BCUT2D eigenvalue weighted by Gasteiger charge is 2.33. The third kappa shape index (κ3) is 3.14. The monoisotopic (exact) mass is 259 g/mol. The Balaban J connectivity index is 1.74. The van der Waals surface area contributed by atoms with E-state index in [2.05, 4.69) is 10.3 Å². The molecule has 2 aliphatic rings. The smallest absolute Gasteiger partial charge is 0.265 e. The molecule has 2 fully saturated rings. The second kappa shape index (κ2) is 5.31. The number of hydrogen-bond donors (Lipinski definition) is 2. The molecule has 3 N–H and O–H groups in total. The van der Waals surface area contributed by atoms with Crippen LogP contribution in [-0.2, 0) is 6.54 Å². The van der Waals surface area contributed by atoms with E-state index < -0.39 is 0 Å². The minimum Gasteiger partial charge on any atom is -0.296 e. The third-order valence-corrected chi connectivity index (χ3v) is 4.02. The van der Waals surface area contributed by atoms with Gasteiger partial charge in [0, 0.05) is 24.7 Å². The van der Waals surface area contributed by atoms with Crippen LogP contribution in [0.3, 0.4) is 0 Å². The summed E-state index contributed by atoms with van der Waals surface area (Å²) in [6.07, 6.45) is 5.35. The quantitative estimate of drug-likeness (QED) is 0.464. The number of nitrogens with one attached hydrogen (secondary N) is 1. The van der Waals surface area contributed by atoms with Gasteiger partial charge >= 0.3 is 0 Å². The molecule has 1 aromatic carbocycles. The first-order valence-corrected chi connectivity index (χ1v) is 7.11.